The first-order valence-corrected chi connectivity index (χ1v) is 6.09. The number of rotatable bonds is 2. The normalized spacial score (nSPS) is 19.3. The van der Waals surface area contributed by atoms with Crippen LogP contribution in [0.1, 0.15) is 34.0 Å². The molecule has 1 N–H and O–H groups in total. The van der Waals surface area contributed by atoms with E-state index in [1.54, 1.807) is 0 Å². The minimum absolute atomic E-state index is 0.0596. The Morgan fingerprint density at radius 1 is 1.69 bits per heavy atom. The second-order valence-corrected chi connectivity index (χ2v) is 4.78. The summed E-state index contributed by atoms with van der Waals surface area (Å²) in [5.41, 5.74) is 0.979. The SMILES string of the molecule is N#Cc1cnc(C2CCSC2)cc1C(=O)O. The summed E-state index contributed by atoms with van der Waals surface area (Å²) in [5.74, 6) is 1.34. The summed E-state index contributed by atoms with van der Waals surface area (Å²) in [6, 6.07) is 3.39. The molecule has 16 heavy (non-hydrogen) atoms. The molecule has 0 radical (unpaired) electrons. The standard InChI is InChI=1S/C11H10N2O2S/c12-4-8-5-13-10(3-9(8)11(14)15)7-1-2-16-6-7/h3,5,7H,1-2,6H2,(H,14,15). The smallest absolute Gasteiger partial charge is 0.337 e. The summed E-state index contributed by atoms with van der Waals surface area (Å²) in [5, 5.41) is 17.7. The predicted molar refractivity (Wildman–Crippen MR) is 60.6 cm³/mol. The Balaban J connectivity index is 2.39. The van der Waals surface area contributed by atoms with Crippen LogP contribution in [0.2, 0.25) is 0 Å². The van der Waals surface area contributed by atoms with Crippen LogP contribution < -0.4 is 0 Å². The first-order chi connectivity index (χ1) is 7.72. The molecule has 2 heterocycles. The van der Waals surface area contributed by atoms with Crippen LogP contribution in [0, 0.1) is 11.3 Å². The zero-order chi connectivity index (χ0) is 11.5. The van der Waals surface area contributed by atoms with Crippen molar-refractivity contribution >= 4 is 17.7 Å². The van der Waals surface area contributed by atoms with Crippen molar-refractivity contribution < 1.29 is 9.90 Å². The van der Waals surface area contributed by atoms with Crippen LogP contribution in [-0.2, 0) is 0 Å². The second-order valence-electron chi connectivity index (χ2n) is 3.63. The Hall–Kier alpha value is -1.54. The van der Waals surface area contributed by atoms with Crippen molar-refractivity contribution in [1.82, 2.24) is 4.98 Å². The van der Waals surface area contributed by atoms with Gasteiger partial charge in [0.25, 0.3) is 0 Å². The van der Waals surface area contributed by atoms with Gasteiger partial charge in [-0.1, -0.05) is 0 Å². The van der Waals surface area contributed by atoms with E-state index in [4.69, 9.17) is 10.4 Å². The summed E-state index contributed by atoms with van der Waals surface area (Å²) in [6.07, 6.45) is 2.39. The maximum Gasteiger partial charge on any atom is 0.337 e. The molecule has 1 aromatic rings. The maximum absolute atomic E-state index is 11.0. The molecule has 0 aromatic carbocycles. The molecule has 0 amide bonds. The lowest BCUT2D eigenvalue weighted by atomic mass is 10.0. The Labute approximate surface area is 97.3 Å². The van der Waals surface area contributed by atoms with Crippen molar-refractivity contribution in [3.8, 4) is 6.07 Å². The fourth-order valence-electron chi connectivity index (χ4n) is 1.73. The highest BCUT2D eigenvalue weighted by Gasteiger charge is 2.21. The summed E-state index contributed by atoms with van der Waals surface area (Å²) in [4.78, 5) is 15.1. The first kappa shape index (κ1) is 11.0. The quantitative estimate of drug-likeness (QED) is 0.845. The van der Waals surface area contributed by atoms with Crippen LogP contribution in [0.25, 0.3) is 0 Å². The van der Waals surface area contributed by atoms with Crippen LogP contribution >= 0.6 is 11.8 Å². The van der Waals surface area contributed by atoms with Gasteiger partial charge in [-0.25, -0.2) is 4.79 Å². The van der Waals surface area contributed by atoms with Gasteiger partial charge in [0.15, 0.2) is 0 Å². The van der Waals surface area contributed by atoms with Crippen molar-refractivity contribution in [1.29, 1.82) is 5.26 Å². The van der Waals surface area contributed by atoms with Gasteiger partial charge in [0.1, 0.15) is 6.07 Å². The van der Waals surface area contributed by atoms with Crippen molar-refractivity contribution in [3.05, 3.63) is 29.1 Å². The molecule has 1 saturated heterocycles. The molecule has 82 valence electrons. The van der Waals surface area contributed by atoms with E-state index >= 15 is 0 Å². The number of thioether (sulfide) groups is 1. The number of aromatic nitrogens is 1. The number of carboxylic acid groups (broad SMARTS) is 1. The van der Waals surface area contributed by atoms with E-state index in [0.29, 0.717) is 5.92 Å². The highest BCUT2D eigenvalue weighted by molar-refractivity contribution is 7.99. The van der Waals surface area contributed by atoms with E-state index in [9.17, 15) is 4.79 Å². The molecule has 0 saturated carbocycles. The number of nitrogens with zero attached hydrogens (tertiary/aromatic N) is 2. The molecule has 1 atom stereocenters. The fourth-order valence-corrected chi connectivity index (χ4v) is 2.97. The lowest BCUT2D eigenvalue weighted by molar-refractivity contribution is 0.0696. The molecular weight excluding hydrogens is 224 g/mol. The number of hydrogen-bond acceptors (Lipinski definition) is 4. The third kappa shape index (κ3) is 2.02. The lowest BCUT2D eigenvalue weighted by Crippen LogP contribution is -2.06. The summed E-state index contributed by atoms with van der Waals surface area (Å²) in [6.45, 7) is 0. The monoisotopic (exact) mass is 234 g/mol. The average molecular weight is 234 g/mol. The molecule has 1 aliphatic heterocycles. The number of hydrogen-bond donors (Lipinski definition) is 1. The van der Waals surface area contributed by atoms with E-state index in [2.05, 4.69) is 4.98 Å². The van der Waals surface area contributed by atoms with Crippen molar-refractivity contribution in [2.24, 2.45) is 0 Å². The highest BCUT2D eigenvalue weighted by Crippen LogP contribution is 2.31. The molecule has 0 aliphatic carbocycles. The summed E-state index contributed by atoms with van der Waals surface area (Å²) >= 11 is 1.85. The molecule has 1 aromatic heterocycles. The van der Waals surface area contributed by atoms with Crippen molar-refractivity contribution in [2.45, 2.75) is 12.3 Å². The van der Waals surface area contributed by atoms with Crippen molar-refractivity contribution in [3.63, 3.8) is 0 Å². The fraction of sp³-hybridized carbons (Fsp3) is 0.364. The lowest BCUT2D eigenvalue weighted by Gasteiger charge is -2.08. The predicted octanol–water partition coefficient (Wildman–Crippen LogP) is 1.87. The van der Waals surface area contributed by atoms with E-state index in [0.717, 1.165) is 23.6 Å². The number of aromatic carboxylic acids is 1. The number of carbonyl (C=O) groups is 1. The second kappa shape index (κ2) is 4.54. The Kier molecular flexibility index (Phi) is 3.11. The number of nitriles is 1. The molecule has 1 unspecified atom stereocenters. The third-order valence-corrected chi connectivity index (χ3v) is 3.79. The van der Waals surface area contributed by atoms with Gasteiger partial charge >= 0.3 is 5.97 Å². The van der Waals surface area contributed by atoms with Gasteiger partial charge in [-0.2, -0.15) is 17.0 Å². The van der Waals surface area contributed by atoms with Crippen LogP contribution in [0.3, 0.4) is 0 Å². The molecule has 5 heteroatoms. The molecule has 1 fully saturated rings. The molecule has 0 spiro atoms. The van der Waals surface area contributed by atoms with E-state index in [1.807, 2.05) is 17.8 Å². The average Bonchev–Trinajstić information content (AvgIpc) is 2.81. The zero-order valence-corrected chi connectivity index (χ0v) is 9.33. The van der Waals surface area contributed by atoms with Gasteiger partial charge in [0, 0.05) is 23.6 Å². The Morgan fingerprint density at radius 3 is 3.06 bits per heavy atom. The topological polar surface area (TPSA) is 74.0 Å². The Morgan fingerprint density at radius 2 is 2.50 bits per heavy atom. The molecular formula is C11H10N2O2S. The van der Waals surface area contributed by atoms with Gasteiger partial charge in [0.05, 0.1) is 11.1 Å². The highest BCUT2D eigenvalue weighted by atomic mass is 32.2. The van der Waals surface area contributed by atoms with Crippen LogP contribution in [0.5, 0.6) is 0 Å². The van der Waals surface area contributed by atoms with E-state index in [-0.39, 0.29) is 11.1 Å². The van der Waals surface area contributed by atoms with Gasteiger partial charge in [-0.05, 0) is 18.2 Å². The van der Waals surface area contributed by atoms with Crippen LogP contribution in [0.4, 0.5) is 0 Å². The number of pyridine rings is 1. The first-order valence-electron chi connectivity index (χ1n) is 4.93. The van der Waals surface area contributed by atoms with Gasteiger partial charge in [-0.15, -0.1) is 0 Å². The zero-order valence-electron chi connectivity index (χ0n) is 8.51. The largest absolute Gasteiger partial charge is 0.478 e. The molecule has 2 rings (SSSR count). The van der Waals surface area contributed by atoms with Gasteiger partial charge < -0.3 is 5.11 Å². The van der Waals surface area contributed by atoms with Crippen LogP contribution in [0.15, 0.2) is 12.3 Å². The Bertz CT molecular complexity index is 462. The maximum atomic E-state index is 11.0. The van der Waals surface area contributed by atoms with E-state index < -0.39 is 5.97 Å². The van der Waals surface area contributed by atoms with Gasteiger partial charge in [0.2, 0.25) is 0 Å². The number of carboxylic acids is 1. The minimum atomic E-state index is -1.06. The van der Waals surface area contributed by atoms with Crippen LogP contribution in [-0.4, -0.2) is 27.6 Å². The van der Waals surface area contributed by atoms with E-state index in [1.165, 1.54) is 12.3 Å². The summed E-state index contributed by atoms with van der Waals surface area (Å²) < 4.78 is 0. The minimum Gasteiger partial charge on any atom is -0.478 e. The molecule has 0 bridgehead atoms. The molecule has 4 nitrogen and oxygen atoms in total. The van der Waals surface area contributed by atoms with Gasteiger partial charge in [-0.3, -0.25) is 4.98 Å². The van der Waals surface area contributed by atoms with Crippen molar-refractivity contribution in [2.75, 3.05) is 11.5 Å². The third-order valence-electron chi connectivity index (χ3n) is 2.62. The summed E-state index contributed by atoms with van der Waals surface area (Å²) in [7, 11) is 0. The molecule has 1 aliphatic rings.